The number of pyridine rings is 1. The number of benzene rings is 2. The van der Waals surface area contributed by atoms with Crippen LogP contribution < -0.4 is 16.2 Å². The summed E-state index contributed by atoms with van der Waals surface area (Å²) in [5, 5.41) is 0. The third-order valence-corrected chi connectivity index (χ3v) is 6.43. The van der Waals surface area contributed by atoms with Crippen LogP contribution in [0, 0.1) is 0 Å². The van der Waals surface area contributed by atoms with Crippen molar-refractivity contribution >= 4 is 17.8 Å². The summed E-state index contributed by atoms with van der Waals surface area (Å²) in [6.07, 6.45) is -2.50. The van der Waals surface area contributed by atoms with Gasteiger partial charge in [-0.3, -0.25) is 14.6 Å². The lowest BCUT2D eigenvalue weighted by Crippen LogP contribution is -2.38. The van der Waals surface area contributed by atoms with Crippen LogP contribution in [-0.2, 0) is 6.18 Å². The van der Waals surface area contributed by atoms with E-state index in [0.29, 0.717) is 29.8 Å². The first-order chi connectivity index (χ1) is 18.1. The van der Waals surface area contributed by atoms with Crippen LogP contribution in [0.1, 0.15) is 50.6 Å². The highest BCUT2D eigenvalue weighted by Gasteiger charge is 2.37. The van der Waals surface area contributed by atoms with Crippen LogP contribution in [-0.4, -0.2) is 47.9 Å². The first-order valence-electron chi connectivity index (χ1n) is 11.8. The Morgan fingerprint density at radius 2 is 1.74 bits per heavy atom. The van der Waals surface area contributed by atoms with E-state index >= 15 is 0 Å². The molecule has 0 radical (unpaired) electrons. The number of piperidine rings is 1. The molecule has 2 amide bonds. The average Bonchev–Trinajstić information content (AvgIpc) is 2.91. The van der Waals surface area contributed by atoms with Crippen LogP contribution in [0.15, 0.2) is 65.8 Å². The van der Waals surface area contributed by atoms with Crippen molar-refractivity contribution in [3.8, 4) is 17.0 Å². The van der Waals surface area contributed by atoms with Crippen molar-refractivity contribution < 1.29 is 27.5 Å². The van der Waals surface area contributed by atoms with Gasteiger partial charge in [0.1, 0.15) is 5.75 Å². The Kier molecular flexibility index (Phi) is 7.65. The predicted molar refractivity (Wildman–Crippen MR) is 136 cm³/mol. The number of hydrogen-bond donors (Lipinski definition) is 2. The molecule has 1 aliphatic heterocycles. The molecule has 0 unspecified atom stereocenters. The van der Waals surface area contributed by atoms with Crippen molar-refractivity contribution in [1.82, 2.24) is 9.88 Å². The highest BCUT2D eigenvalue weighted by Crippen LogP contribution is 2.39. The molecule has 0 aliphatic carbocycles. The zero-order chi connectivity index (χ0) is 27.4. The number of amides is 2. The second kappa shape index (κ2) is 10.9. The zero-order valence-corrected chi connectivity index (χ0v) is 20.5. The summed E-state index contributed by atoms with van der Waals surface area (Å²) in [5.41, 5.74) is 11.2. The highest BCUT2D eigenvalue weighted by molar-refractivity contribution is 6.02. The molecular weight excluding hydrogens is 499 g/mol. The number of hydrogen-bond acceptors (Lipinski definition) is 4. The van der Waals surface area contributed by atoms with E-state index in [-0.39, 0.29) is 30.1 Å². The largest absolute Gasteiger partial charge is 0.497 e. The fraction of sp³-hybridized carbons (Fsp3) is 0.259. The third-order valence-electron chi connectivity index (χ3n) is 6.43. The average molecular weight is 526 g/mol. The highest BCUT2D eigenvalue weighted by atomic mass is 19.4. The summed E-state index contributed by atoms with van der Waals surface area (Å²) < 4.78 is 46.8. The number of aromatic nitrogens is 1. The molecule has 1 aliphatic rings. The van der Waals surface area contributed by atoms with Crippen molar-refractivity contribution in [3.63, 3.8) is 0 Å². The van der Waals surface area contributed by atoms with E-state index in [4.69, 9.17) is 16.2 Å². The van der Waals surface area contributed by atoms with Gasteiger partial charge in [-0.2, -0.15) is 18.2 Å². The molecule has 2 heterocycles. The van der Waals surface area contributed by atoms with Crippen molar-refractivity contribution in [2.75, 3.05) is 20.2 Å². The molecule has 0 saturated carbocycles. The maximum atomic E-state index is 13.9. The number of rotatable bonds is 5. The van der Waals surface area contributed by atoms with Crippen LogP contribution in [0.5, 0.6) is 5.75 Å². The van der Waals surface area contributed by atoms with Crippen molar-refractivity contribution in [1.29, 1.82) is 0 Å². The maximum absolute atomic E-state index is 13.9. The van der Waals surface area contributed by atoms with E-state index in [1.165, 1.54) is 18.3 Å². The van der Waals surface area contributed by atoms with Crippen LogP contribution in [0.25, 0.3) is 11.3 Å². The first-order valence-corrected chi connectivity index (χ1v) is 11.8. The fourth-order valence-electron chi connectivity index (χ4n) is 4.52. The van der Waals surface area contributed by atoms with Crippen LogP contribution in [0.4, 0.5) is 13.2 Å². The van der Waals surface area contributed by atoms with Crippen molar-refractivity contribution in [3.05, 3.63) is 83.0 Å². The van der Waals surface area contributed by atoms with Crippen molar-refractivity contribution in [2.45, 2.75) is 24.9 Å². The van der Waals surface area contributed by atoms with E-state index in [2.05, 4.69) is 9.98 Å². The minimum Gasteiger partial charge on any atom is -0.497 e. The molecule has 8 nitrogen and oxygen atoms in total. The van der Waals surface area contributed by atoms with Gasteiger partial charge in [0.15, 0.2) is 5.96 Å². The normalized spacial score (nSPS) is 14.2. The predicted octanol–water partition coefficient (Wildman–Crippen LogP) is 4.21. The first kappa shape index (κ1) is 26.6. The lowest BCUT2D eigenvalue weighted by atomic mass is 9.85. The molecular formula is C27H26F3N5O3. The monoisotopic (exact) mass is 525 g/mol. The molecule has 1 aromatic heterocycles. The maximum Gasteiger partial charge on any atom is 0.416 e. The van der Waals surface area contributed by atoms with Gasteiger partial charge in [-0.1, -0.05) is 18.2 Å². The molecule has 198 valence electrons. The molecule has 4 N–H and O–H groups in total. The van der Waals surface area contributed by atoms with E-state index < -0.39 is 29.5 Å². The van der Waals surface area contributed by atoms with Gasteiger partial charge in [0.2, 0.25) is 0 Å². The van der Waals surface area contributed by atoms with E-state index in [9.17, 15) is 22.8 Å². The Bertz CT molecular complexity index is 1360. The van der Waals surface area contributed by atoms with Crippen LogP contribution in [0.2, 0.25) is 0 Å². The minimum atomic E-state index is -4.67. The number of likely N-dealkylation sites (tertiary alicyclic amines) is 1. The SMILES string of the molecule is COc1cccc(-c2ccc(C(=O)N3CCC(c4ccc(C(=O)N=C(N)N)cc4C(F)(F)F)CC3)cn2)c1. The topological polar surface area (TPSA) is 124 Å². The Morgan fingerprint density at radius 1 is 1.03 bits per heavy atom. The smallest absolute Gasteiger partial charge is 0.416 e. The lowest BCUT2D eigenvalue weighted by Gasteiger charge is -2.33. The Morgan fingerprint density at radius 3 is 2.34 bits per heavy atom. The van der Waals surface area contributed by atoms with Crippen LogP contribution >= 0.6 is 0 Å². The fourth-order valence-corrected chi connectivity index (χ4v) is 4.52. The molecule has 0 bridgehead atoms. The van der Waals surface area contributed by atoms with Gasteiger partial charge in [-0.15, -0.1) is 0 Å². The number of nitrogens with two attached hydrogens (primary N) is 2. The number of nitrogens with zero attached hydrogens (tertiary/aromatic N) is 3. The molecule has 0 spiro atoms. The number of alkyl halides is 3. The number of carbonyl (C=O) groups excluding carboxylic acids is 2. The number of ether oxygens (including phenoxy) is 1. The second-order valence-electron chi connectivity index (χ2n) is 8.87. The van der Waals surface area contributed by atoms with Gasteiger partial charge >= 0.3 is 6.18 Å². The Hall–Kier alpha value is -4.41. The van der Waals surface area contributed by atoms with Gasteiger partial charge in [-0.25, -0.2) is 0 Å². The standard InChI is InChI=1S/C27H26F3N5O3/c1-38-20-4-2-3-17(13-20)23-8-6-19(15-33-23)25(37)35-11-9-16(10-12-35)21-7-5-18(24(36)34-26(31)32)14-22(21)27(28,29)30/h2-8,13-16H,9-12H2,1H3,(H4,31,32,34,36). The summed E-state index contributed by atoms with van der Waals surface area (Å²) in [5.74, 6) is -1.46. The molecule has 38 heavy (non-hydrogen) atoms. The summed E-state index contributed by atoms with van der Waals surface area (Å²) in [6.45, 7) is 0.570. The summed E-state index contributed by atoms with van der Waals surface area (Å²) in [4.78, 5) is 34.4. The molecule has 11 heteroatoms. The number of guanidine groups is 1. The minimum absolute atomic E-state index is 0.0788. The van der Waals surface area contributed by atoms with Crippen LogP contribution in [0.3, 0.4) is 0 Å². The molecule has 1 fully saturated rings. The number of halogens is 3. The van der Waals surface area contributed by atoms with Gasteiger partial charge in [0.25, 0.3) is 11.8 Å². The Balaban J connectivity index is 1.46. The Labute approximate surface area is 217 Å². The van der Waals surface area contributed by atoms with Gasteiger partial charge in [-0.05, 0) is 60.7 Å². The molecule has 2 aromatic carbocycles. The lowest BCUT2D eigenvalue weighted by molar-refractivity contribution is -0.138. The third kappa shape index (κ3) is 5.93. The summed E-state index contributed by atoms with van der Waals surface area (Å²) in [6, 6.07) is 14.2. The van der Waals surface area contributed by atoms with E-state index in [1.54, 1.807) is 24.1 Å². The number of methoxy groups -OCH3 is 1. The summed E-state index contributed by atoms with van der Waals surface area (Å²) in [7, 11) is 1.58. The second-order valence-corrected chi connectivity index (χ2v) is 8.87. The quantitative estimate of drug-likeness (QED) is 0.380. The summed E-state index contributed by atoms with van der Waals surface area (Å²) >= 11 is 0. The molecule has 0 atom stereocenters. The molecule has 1 saturated heterocycles. The van der Waals surface area contributed by atoms with Gasteiger partial charge in [0.05, 0.1) is 23.9 Å². The molecule has 3 aromatic rings. The number of aliphatic imine (C=N–C) groups is 1. The van der Waals surface area contributed by atoms with E-state index in [0.717, 1.165) is 11.6 Å². The van der Waals surface area contributed by atoms with E-state index in [1.807, 2.05) is 24.3 Å². The molecule has 4 rings (SSSR count). The zero-order valence-electron chi connectivity index (χ0n) is 20.5. The van der Waals surface area contributed by atoms with Gasteiger partial charge < -0.3 is 21.1 Å². The van der Waals surface area contributed by atoms with Crippen molar-refractivity contribution in [2.24, 2.45) is 16.5 Å². The number of carbonyl (C=O) groups is 2. The van der Waals surface area contributed by atoms with Gasteiger partial charge in [0, 0.05) is 30.4 Å².